The van der Waals surface area contributed by atoms with E-state index in [9.17, 15) is 0 Å². The molecule has 1 aromatic carbocycles. The van der Waals surface area contributed by atoms with Crippen molar-refractivity contribution in [3.8, 4) is 16.9 Å². The number of anilines is 1. The topological polar surface area (TPSA) is 89.3 Å². The molecule has 4 aromatic rings. The minimum Gasteiger partial charge on any atom is -0.487 e. The van der Waals surface area contributed by atoms with Gasteiger partial charge in [0.1, 0.15) is 12.3 Å². The summed E-state index contributed by atoms with van der Waals surface area (Å²) in [7, 11) is 1.64. The molecule has 1 aliphatic rings. The second-order valence-electron chi connectivity index (χ2n) is 8.38. The van der Waals surface area contributed by atoms with E-state index in [0.29, 0.717) is 24.8 Å². The highest BCUT2D eigenvalue weighted by atomic mass is 16.5. The standard InChI is InChI=1S/C25H29N5O2/c1-31-11-12-32-23-22-20-13-19(14-28-25(20)29-21(22)15-27-24(23)26)18-7-5-17(6-8-18)16-30-9-3-2-4-10-30/h5-8,13-15H,2-4,9-12,16H2,1H3,(H2,26,27)(H,28,29). The Bertz CT molecular complexity index is 1210. The van der Waals surface area contributed by atoms with Crippen LogP contribution in [0.1, 0.15) is 24.8 Å². The van der Waals surface area contributed by atoms with Crippen LogP contribution in [0.4, 0.5) is 5.82 Å². The van der Waals surface area contributed by atoms with Crippen LogP contribution in [0.3, 0.4) is 0 Å². The first-order valence-electron chi connectivity index (χ1n) is 11.2. The van der Waals surface area contributed by atoms with Crippen molar-refractivity contribution < 1.29 is 9.47 Å². The molecule has 0 bridgehead atoms. The van der Waals surface area contributed by atoms with Crippen molar-refractivity contribution in [1.29, 1.82) is 0 Å². The fourth-order valence-corrected chi connectivity index (χ4v) is 4.46. The summed E-state index contributed by atoms with van der Waals surface area (Å²) in [5.74, 6) is 0.934. The maximum Gasteiger partial charge on any atom is 0.171 e. The van der Waals surface area contributed by atoms with Crippen molar-refractivity contribution in [2.45, 2.75) is 25.8 Å². The summed E-state index contributed by atoms with van der Waals surface area (Å²) >= 11 is 0. The molecule has 1 aliphatic heterocycles. The van der Waals surface area contributed by atoms with Crippen molar-refractivity contribution in [2.24, 2.45) is 0 Å². The number of pyridine rings is 2. The molecule has 5 rings (SSSR count). The third-order valence-corrected chi connectivity index (χ3v) is 6.15. The third-order valence-electron chi connectivity index (χ3n) is 6.15. The summed E-state index contributed by atoms with van der Waals surface area (Å²) in [6.07, 6.45) is 7.61. The Morgan fingerprint density at radius 3 is 2.59 bits per heavy atom. The minimum absolute atomic E-state index is 0.363. The highest BCUT2D eigenvalue weighted by Crippen LogP contribution is 2.37. The van der Waals surface area contributed by atoms with Gasteiger partial charge in [0.25, 0.3) is 0 Å². The van der Waals surface area contributed by atoms with E-state index in [1.54, 1.807) is 13.3 Å². The van der Waals surface area contributed by atoms with Gasteiger partial charge in [0.2, 0.25) is 0 Å². The fraction of sp³-hybridized carbons (Fsp3) is 0.360. The Kier molecular flexibility index (Phi) is 5.92. The number of aromatic nitrogens is 3. The Morgan fingerprint density at radius 1 is 1.00 bits per heavy atom. The van der Waals surface area contributed by atoms with Crippen LogP contribution in [0.5, 0.6) is 5.75 Å². The molecule has 0 amide bonds. The Morgan fingerprint density at radius 2 is 1.81 bits per heavy atom. The van der Waals surface area contributed by atoms with Crippen LogP contribution in [0.2, 0.25) is 0 Å². The highest BCUT2D eigenvalue weighted by molar-refractivity contribution is 6.11. The number of benzene rings is 1. The van der Waals surface area contributed by atoms with E-state index in [0.717, 1.165) is 39.6 Å². The number of nitrogens with two attached hydrogens (primary N) is 1. The van der Waals surface area contributed by atoms with E-state index in [2.05, 4.69) is 50.2 Å². The lowest BCUT2D eigenvalue weighted by Gasteiger charge is -2.26. The minimum atomic E-state index is 0.363. The number of nitrogens with zero attached hydrogens (tertiary/aromatic N) is 3. The van der Waals surface area contributed by atoms with Crippen LogP contribution in [-0.4, -0.2) is 53.3 Å². The van der Waals surface area contributed by atoms with Crippen molar-refractivity contribution in [3.05, 3.63) is 48.3 Å². The predicted octanol–water partition coefficient (Wildman–Crippen LogP) is 4.37. The Hall–Kier alpha value is -3.16. The molecule has 7 nitrogen and oxygen atoms in total. The second-order valence-corrected chi connectivity index (χ2v) is 8.38. The molecule has 3 N–H and O–H groups in total. The molecule has 32 heavy (non-hydrogen) atoms. The molecule has 1 saturated heterocycles. The van der Waals surface area contributed by atoms with Crippen molar-refractivity contribution in [2.75, 3.05) is 39.1 Å². The van der Waals surface area contributed by atoms with Gasteiger partial charge in [-0.25, -0.2) is 9.97 Å². The van der Waals surface area contributed by atoms with Crippen LogP contribution in [-0.2, 0) is 11.3 Å². The van der Waals surface area contributed by atoms with Crippen LogP contribution in [0, 0.1) is 0 Å². The van der Waals surface area contributed by atoms with Gasteiger partial charge in [-0.1, -0.05) is 30.7 Å². The van der Waals surface area contributed by atoms with Crippen LogP contribution in [0.15, 0.2) is 42.7 Å². The number of H-pyrrole nitrogens is 1. The number of ether oxygens (including phenoxy) is 2. The molecule has 0 aliphatic carbocycles. The largest absolute Gasteiger partial charge is 0.487 e. The van der Waals surface area contributed by atoms with Gasteiger partial charge in [-0.2, -0.15) is 0 Å². The number of fused-ring (bicyclic) bond motifs is 3. The number of nitrogens with one attached hydrogen (secondary N) is 1. The average Bonchev–Trinajstić information content (AvgIpc) is 3.20. The summed E-state index contributed by atoms with van der Waals surface area (Å²) in [5.41, 5.74) is 11.3. The van der Waals surface area contributed by atoms with Gasteiger partial charge in [-0.3, -0.25) is 4.90 Å². The molecule has 0 unspecified atom stereocenters. The smallest absolute Gasteiger partial charge is 0.171 e. The van der Waals surface area contributed by atoms with E-state index in [1.165, 1.54) is 37.9 Å². The molecule has 166 valence electrons. The lowest BCUT2D eigenvalue weighted by molar-refractivity contribution is 0.147. The first kappa shape index (κ1) is 20.7. The first-order chi connectivity index (χ1) is 15.7. The van der Waals surface area contributed by atoms with Crippen LogP contribution in [0.25, 0.3) is 33.1 Å². The second kappa shape index (κ2) is 9.14. The fourth-order valence-electron chi connectivity index (χ4n) is 4.46. The number of hydrogen-bond donors (Lipinski definition) is 2. The van der Waals surface area contributed by atoms with Gasteiger partial charge in [0, 0.05) is 30.8 Å². The summed E-state index contributed by atoms with van der Waals surface area (Å²) in [5, 5.41) is 1.87. The number of methoxy groups -OCH3 is 1. The maximum atomic E-state index is 6.15. The van der Waals surface area contributed by atoms with Gasteiger partial charge < -0.3 is 20.2 Å². The van der Waals surface area contributed by atoms with Gasteiger partial charge in [0.05, 0.1) is 23.7 Å². The number of hydrogen-bond acceptors (Lipinski definition) is 6. The quantitative estimate of drug-likeness (QED) is 0.422. The first-order valence-corrected chi connectivity index (χ1v) is 11.2. The van der Waals surface area contributed by atoms with E-state index in [-0.39, 0.29) is 0 Å². The molecule has 0 radical (unpaired) electrons. The summed E-state index contributed by atoms with van der Waals surface area (Å²) in [6, 6.07) is 11.0. The van der Waals surface area contributed by atoms with Gasteiger partial charge in [0.15, 0.2) is 11.6 Å². The molecule has 3 aromatic heterocycles. The molecular weight excluding hydrogens is 402 g/mol. The zero-order valence-corrected chi connectivity index (χ0v) is 18.4. The zero-order valence-electron chi connectivity index (χ0n) is 18.4. The number of rotatable bonds is 7. The van der Waals surface area contributed by atoms with Crippen molar-refractivity contribution in [1.82, 2.24) is 19.9 Å². The Balaban J connectivity index is 1.47. The van der Waals surface area contributed by atoms with Gasteiger partial charge in [-0.15, -0.1) is 0 Å². The van der Waals surface area contributed by atoms with Crippen molar-refractivity contribution >= 4 is 27.8 Å². The summed E-state index contributed by atoms with van der Waals surface area (Å²) < 4.78 is 11.0. The number of aromatic amines is 1. The number of nitrogen functional groups attached to an aromatic ring is 1. The van der Waals surface area contributed by atoms with Crippen molar-refractivity contribution in [3.63, 3.8) is 0 Å². The molecule has 4 heterocycles. The lowest BCUT2D eigenvalue weighted by Crippen LogP contribution is -2.28. The molecule has 7 heteroatoms. The van der Waals surface area contributed by atoms with Gasteiger partial charge in [-0.05, 0) is 43.1 Å². The SMILES string of the molecule is COCCOc1c(N)ncc2[nH]c3ncc(-c4ccc(CN5CCCCC5)cc4)cc3c12. The monoisotopic (exact) mass is 431 g/mol. The third kappa shape index (κ3) is 4.13. The number of piperidine rings is 1. The Labute approximate surface area is 187 Å². The van der Waals surface area contributed by atoms with Crippen LogP contribution >= 0.6 is 0 Å². The van der Waals surface area contributed by atoms with E-state index in [1.807, 2.05) is 6.20 Å². The van der Waals surface area contributed by atoms with Gasteiger partial charge >= 0.3 is 0 Å². The molecular formula is C25H29N5O2. The zero-order chi connectivity index (χ0) is 21.9. The average molecular weight is 432 g/mol. The maximum absolute atomic E-state index is 6.15. The molecule has 0 saturated carbocycles. The predicted molar refractivity (Wildman–Crippen MR) is 128 cm³/mol. The summed E-state index contributed by atoms with van der Waals surface area (Å²) in [6.45, 7) is 4.31. The lowest BCUT2D eigenvalue weighted by atomic mass is 10.0. The summed E-state index contributed by atoms with van der Waals surface area (Å²) in [4.78, 5) is 14.8. The van der Waals surface area contributed by atoms with Crippen LogP contribution < -0.4 is 10.5 Å². The normalized spacial score (nSPS) is 14.9. The van der Waals surface area contributed by atoms with E-state index in [4.69, 9.17) is 15.2 Å². The molecule has 0 spiro atoms. The molecule has 1 fully saturated rings. The number of likely N-dealkylation sites (tertiary alicyclic amines) is 1. The highest BCUT2D eigenvalue weighted by Gasteiger charge is 2.16. The molecule has 0 atom stereocenters. The van der Waals surface area contributed by atoms with E-state index >= 15 is 0 Å². The van der Waals surface area contributed by atoms with E-state index < -0.39 is 0 Å².